The molecule has 1 aromatic rings. The van der Waals surface area contributed by atoms with Crippen molar-refractivity contribution in [2.75, 3.05) is 0 Å². The van der Waals surface area contributed by atoms with Gasteiger partial charge in [0.05, 0.1) is 0 Å². The smallest absolute Gasteiger partial charge is 0.0304 e. The van der Waals surface area contributed by atoms with Gasteiger partial charge in [0.15, 0.2) is 0 Å². The van der Waals surface area contributed by atoms with Crippen LogP contribution in [0.1, 0.15) is 36.9 Å². The molecule has 0 spiro atoms. The number of rotatable bonds is 3. The van der Waals surface area contributed by atoms with Crippen LogP contribution in [0.3, 0.4) is 0 Å². The van der Waals surface area contributed by atoms with E-state index >= 15 is 0 Å². The summed E-state index contributed by atoms with van der Waals surface area (Å²) < 4.78 is 1.13. The third kappa shape index (κ3) is 3.70. The Balaban J connectivity index is 2.68. The molecule has 0 aliphatic rings. The molecule has 1 unspecified atom stereocenters. The van der Waals surface area contributed by atoms with Crippen LogP contribution in [0.15, 0.2) is 22.7 Å². The van der Waals surface area contributed by atoms with E-state index in [1.54, 1.807) is 0 Å². The zero-order valence-corrected chi connectivity index (χ0v) is 10.8. The number of nitrogens with two attached hydrogens (primary N) is 1. The van der Waals surface area contributed by atoms with Gasteiger partial charge in [-0.15, -0.1) is 11.8 Å². The van der Waals surface area contributed by atoms with Crippen molar-refractivity contribution in [1.29, 1.82) is 0 Å². The molecule has 1 atom stereocenters. The first-order valence-corrected chi connectivity index (χ1v) is 5.85. The first kappa shape index (κ1) is 12.3. The van der Waals surface area contributed by atoms with Crippen LogP contribution in [0.4, 0.5) is 0 Å². The molecule has 1 aromatic carbocycles. The van der Waals surface area contributed by atoms with Gasteiger partial charge in [-0.2, -0.15) is 0 Å². The van der Waals surface area contributed by atoms with Crippen LogP contribution in [-0.2, 0) is 0 Å². The van der Waals surface area contributed by atoms with Gasteiger partial charge in [-0.25, -0.2) is 0 Å². The lowest BCUT2D eigenvalue weighted by atomic mass is 10.0. The first-order chi connectivity index (χ1) is 7.15. The Hall–Kier alpha value is -0.780. The fourth-order valence-electron chi connectivity index (χ4n) is 1.42. The lowest BCUT2D eigenvalue weighted by Crippen LogP contribution is -2.09. The summed E-state index contributed by atoms with van der Waals surface area (Å²) in [6.07, 6.45) is 1.79. The maximum Gasteiger partial charge on any atom is 0.0304 e. The first-order valence-electron chi connectivity index (χ1n) is 5.06. The van der Waals surface area contributed by atoms with E-state index in [0.717, 1.165) is 17.3 Å². The molecular formula is C13H16BrN. The highest BCUT2D eigenvalue weighted by molar-refractivity contribution is 9.10. The Morgan fingerprint density at radius 1 is 1.47 bits per heavy atom. The molecule has 0 fully saturated rings. The average Bonchev–Trinajstić information content (AvgIpc) is 2.22. The number of benzene rings is 1. The third-order valence-electron chi connectivity index (χ3n) is 2.37. The molecule has 0 radical (unpaired) electrons. The van der Waals surface area contributed by atoms with Crippen molar-refractivity contribution >= 4 is 15.9 Å². The van der Waals surface area contributed by atoms with E-state index in [4.69, 9.17) is 5.73 Å². The van der Waals surface area contributed by atoms with Gasteiger partial charge >= 0.3 is 0 Å². The predicted octanol–water partition coefficient (Wildman–Crippen LogP) is 3.56. The maximum atomic E-state index is 6.07. The molecule has 0 aliphatic heterocycles. The molecule has 2 N–H and O–H groups in total. The summed E-state index contributed by atoms with van der Waals surface area (Å²) in [6, 6.07) is 6.35. The van der Waals surface area contributed by atoms with Crippen LogP contribution in [0.2, 0.25) is 0 Å². The van der Waals surface area contributed by atoms with E-state index in [1.165, 1.54) is 11.1 Å². The Kier molecular flexibility index (Phi) is 4.87. The number of aryl methyl sites for hydroxylation is 1. The summed E-state index contributed by atoms with van der Waals surface area (Å²) in [5.41, 5.74) is 8.49. The Bertz CT molecular complexity index is 387. The zero-order valence-electron chi connectivity index (χ0n) is 9.18. The van der Waals surface area contributed by atoms with Gasteiger partial charge in [-0.05, 0) is 37.5 Å². The summed E-state index contributed by atoms with van der Waals surface area (Å²) in [4.78, 5) is 0. The molecule has 15 heavy (non-hydrogen) atoms. The minimum absolute atomic E-state index is 0.0950. The van der Waals surface area contributed by atoms with Crippen LogP contribution >= 0.6 is 15.9 Å². The number of halogens is 1. The van der Waals surface area contributed by atoms with Gasteiger partial charge in [0.25, 0.3) is 0 Å². The van der Waals surface area contributed by atoms with Crippen LogP contribution in [-0.4, -0.2) is 0 Å². The molecule has 0 heterocycles. The van der Waals surface area contributed by atoms with Crippen molar-refractivity contribution in [3.8, 4) is 11.8 Å². The van der Waals surface area contributed by atoms with Gasteiger partial charge in [0, 0.05) is 16.9 Å². The molecule has 0 aromatic heterocycles. The number of hydrogen-bond acceptors (Lipinski definition) is 1. The van der Waals surface area contributed by atoms with Crippen LogP contribution in [0.5, 0.6) is 0 Å². The van der Waals surface area contributed by atoms with Gasteiger partial charge in [-0.1, -0.05) is 28.1 Å². The monoisotopic (exact) mass is 265 g/mol. The zero-order chi connectivity index (χ0) is 11.3. The van der Waals surface area contributed by atoms with E-state index in [-0.39, 0.29) is 6.04 Å². The molecule has 0 saturated carbocycles. The summed E-state index contributed by atoms with van der Waals surface area (Å²) in [6.45, 7) is 3.93. The normalized spacial score (nSPS) is 11.7. The van der Waals surface area contributed by atoms with Gasteiger partial charge in [0.1, 0.15) is 0 Å². The number of hydrogen-bond donors (Lipinski definition) is 1. The van der Waals surface area contributed by atoms with Crippen molar-refractivity contribution < 1.29 is 0 Å². The molecule has 80 valence electrons. The lowest BCUT2D eigenvalue weighted by Gasteiger charge is -2.11. The van der Waals surface area contributed by atoms with Crippen LogP contribution in [0.25, 0.3) is 0 Å². The summed E-state index contributed by atoms with van der Waals surface area (Å²) >= 11 is 3.48. The van der Waals surface area contributed by atoms with E-state index in [2.05, 4.69) is 52.9 Å². The molecule has 0 saturated heterocycles. The van der Waals surface area contributed by atoms with Crippen molar-refractivity contribution in [2.45, 2.75) is 32.7 Å². The Labute approximate surface area is 100 Å². The second-order valence-corrected chi connectivity index (χ2v) is 4.43. The molecule has 0 amide bonds. The van der Waals surface area contributed by atoms with E-state index in [1.807, 2.05) is 6.92 Å². The summed E-state index contributed by atoms with van der Waals surface area (Å²) in [5, 5.41) is 0. The fourth-order valence-corrected chi connectivity index (χ4v) is 1.66. The highest BCUT2D eigenvalue weighted by atomic mass is 79.9. The molecule has 2 heteroatoms. The minimum Gasteiger partial charge on any atom is -0.324 e. The maximum absolute atomic E-state index is 6.07. The lowest BCUT2D eigenvalue weighted by molar-refractivity contribution is 0.667. The van der Waals surface area contributed by atoms with E-state index in [0.29, 0.717) is 0 Å². The van der Waals surface area contributed by atoms with E-state index < -0.39 is 0 Å². The van der Waals surface area contributed by atoms with Gasteiger partial charge in [0.2, 0.25) is 0 Å². The molecule has 0 bridgehead atoms. The largest absolute Gasteiger partial charge is 0.324 e. The topological polar surface area (TPSA) is 26.0 Å². The second kappa shape index (κ2) is 5.95. The van der Waals surface area contributed by atoms with Crippen molar-refractivity contribution in [1.82, 2.24) is 0 Å². The summed E-state index contributed by atoms with van der Waals surface area (Å²) in [5.74, 6) is 5.92. The van der Waals surface area contributed by atoms with E-state index in [9.17, 15) is 0 Å². The third-order valence-corrected chi connectivity index (χ3v) is 3.26. The van der Waals surface area contributed by atoms with Crippen molar-refractivity contribution in [3.05, 3.63) is 33.8 Å². The summed E-state index contributed by atoms with van der Waals surface area (Å²) in [7, 11) is 0. The SMILES string of the molecule is CC#CCCC(N)c1ccc(Br)c(C)c1. The quantitative estimate of drug-likeness (QED) is 0.832. The predicted molar refractivity (Wildman–Crippen MR) is 68.5 cm³/mol. The Morgan fingerprint density at radius 3 is 2.80 bits per heavy atom. The molecular weight excluding hydrogens is 250 g/mol. The van der Waals surface area contributed by atoms with Crippen molar-refractivity contribution in [2.24, 2.45) is 5.73 Å². The standard InChI is InChI=1S/C13H16BrN/c1-3-4-5-6-13(15)11-7-8-12(14)10(2)9-11/h7-9,13H,5-6,15H2,1-2H3. The van der Waals surface area contributed by atoms with Crippen molar-refractivity contribution in [3.63, 3.8) is 0 Å². The van der Waals surface area contributed by atoms with Crippen LogP contribution in [0, 0.1) is 18.8 Å². The molecule has 1 rings (SSSR count). The highest BCUT2D eigenvalue weighted by Gasteiger charge is 2.06. The van der Waals surface area contributed by atoms with Gasteiger partial charge < -0.3 is 5.73 Å². The second-order valence-electron chi connectivity index (χ2n) is 3.58. The minimum atomic E-state index is 0.0950. The fraction of sp³-hybridized carbons (Fsp3) is 0.385. The van der Waals surface area contributed by atoms with Crippen LogP contribution < -0.4 is 5.73 Å². The Morgan fingerprint density at radius 2 is 2.20 bits per heavy atom. The molecule has 1 nitrogen and oxygen atoms in total. The highest BCUT2D eigenvalue weighted by Crippen LogP contribution is 2.22. The van der Waals surface area contributed by atoms with Gasteiger partial charge in [-0.3, -0.25) is 0 Å². The molecule has 0 aliphatic carbocycles. The average molecular weight is 266 g/mol.